The van der Waals surface area contributed by atoms with E-state index < -0.39 is 0 Å². The van der Waals surface area contributed by atoms with Crippen LogP contribution in [0.25, 0.3) is 0 Å². The van der Waals surface area contributed by atoms with E-state index in [0.29, 0.717) is 30.2 Å². The lowest BCUT2D eigenvalue weighted by molar-refractivity contribution is 0.406. The molecule has 0 aliphatic rings. The van der Waals surface area contributed by atoms with Crippen LogP contribution < -0.4 is 10.1 Å². The highest BCUT2D eigenvalue weighted by Crippen LogP contribution is 2.15. The molecule has 1 aromatic heterocycles. The molecule has 2 aromatic rings. The standard InChI is InChI=1S/C11H12FN3O2/c1-16-9-3-2-8(10(12)4-9)5-13-6-11-14-7-17-15-11/h2-4,7,13H,5-6H2,1H3. The predicted octanol–water partition coefficient (Wildman–Crippen LogP) is 1.51. The third-order valence-electron chi connectivity index (χ3n) is 2.27. The molecule has 5 nitrogen and oxygen atoms in total. The van der Waals surface area contributed by atoms with Crippen LogP contribution in [0.5, 0.6) is 5.75 Å². The summed E-state index contributed by atoms with van der Waals surface area (Å²) in [5.74, 6) is 0.744. The molecule has 0 saturated heterocycles. The fourth-order valence-corrected chi connectivity index (χ4v) is 1.38. The van der Waals surface area contributed by atoms with Gasteiger partial charge in [0.1, 0.15) is 11.6 Å². The van der Waals surface area contributed by atoms with Crippen molar-refractivity contribution in [1.29, 1.82) is 0 Å². The molecule has 0 amide bonds. The van der Waals surface area contributed by atoms with E-state index in [-0.39, 0.29) is 5.82 Å². The molecular formula is C11H12FN3O2. The second-order valence-corrected chi connectivity index (χ2v) is 3.41. The first-order valence-corrected chi connectivity index (χ1v) is 5.08. The Morgan fingerprint density at radius 2 is 2.29 bits per heavy atom. The highest BCUT2D eigenvalue weighted by atomic mass is 19.1. The molecular weight excluding hydrogens is 225 g/mol. The average Bonchev–Trinajstić information content (AvgIpc) is 2.84. The summed E-state index contributed by atoms with van der Waals surface area (Å²) in [6.07, 6.45) is 1.25. The van der Waals surface area contributed by atoms with Gasteiger partial charge in [0.05, 0.1) is 13.7 Å². The second-order valence-electron chi connectivity index (χ2n) is 3.41. The van der Waals surface area contributed by atoms with Gasteiger partial charge in [-0.05, 0) is 6.07 Å². The highest BCUT2D eigenvalue weighted by Gasteiger charge is 2.04. The summed E-state index contributed by atoms with van der Waals surface area (Å²) in [7, 11) is 1.50. The zero-order valence-corrected chi connectivity index (χ0v) is 9.31. The monoisotopic (exact) mass is 237 g/mol. The number of aromatic nitrogens is 2. The van der Waals surface area contributed by atoms with Crippen molar-refractivity contribution in [3.05, 3.63) is 41.8 Å². The molecule has 1 heterocycles. The molecule has 90 valence electrons. The number of methoxy groups -OCH3 is 1. The van der Waals surface area contributed by atoms with Crippen molar-refractivity contribution >= 4 is 0 Å². The summed E-state index contributed by atoms with van der Waals surface area (Å²) in [6.45, 7) is 0.826. The zero-order valence-electron chi connectivity index (χ0n) is 9.31. The fraction of sp³-hybridized carbons (Fsp3) is 0.273. The molecule has 0 aliphatic carbocycles. The Bertz CT molecular complexity index is 474. The molecule has 0 saturated carbocycles. The van der Waals surface area contributed by atoms with Gasteiger partial charge in [0.2, 0.25) is 6.39 Å². The Labute approximate surface area is 97.6 Å². The van der Waals surface area contributed by atoms with E-state index in [0.717, 1.165) is 0 Å². The van der Waals surface area contributed by atoms with E-state index in [1.807, 2.05) is 0 Å². The van der Waals surface area contributed by atoms with E-state index in [1.165, 1.54) is 19.6 Å². The van der Waals surface area contributed by atoms with Crippen molar-refractivity contribution in [3.63, 3.8) is 0 Å². The highest BCUT2D eigenvalue weighted by molar-refractivity contribution is 5.28. The maximum Gasteiger partial charge on any atom is 0.213 e. The van der Waals surface area contributed by atoms with Crippen LogP contribution in [0.3, 0.4) is 0 Å². The molecule has 1 N–H and O–H groups in total. The molecule has 6 heteroatoms. The van der Waals surface area contributed by atoms with Crippen LogP contribution in [0.15, 0.2) is 29.1 Å². The van der Waals surface area contributed by atoms with Crippen molar-refractivity contribution < 1.29 is 13.7 Å². The van der Waals surface area contributed by atoms with E-state index in [4.69, 9.17) is 4.74 Å². The second kappa shape index (κ2) is 5.40. The number of nitrogens with zero attached hydrogens (tertiary/aromatic N) is 2. The largest absolute Gasteiger partial charge is 0.497 e. The quantitative estimate of drug-likeness (QED) is 0.854. The summed E-state index contributed by atoms with van der Waals surface area (Å²) < 4.78 is 23.0. The first-order valence-electron chi connectivity index (χ1n) is 5.08. The summed E-state index contributed by atoms with van der Waals surface area (Å²) >= 11 is 0. The Hall–Kier alpha value is -1.95. The molecule has 2 rings (SSSR count). The van der Waals surface area contributed by atoms with Gasteiger partial charge in [-0.3, -0.25) is 0 Å². The average molecular weight is 237 g/mol. The molecule has 0 fully saturated rings. The van der Waals surface area contributed by atoms with Crippen LogP contribution in [0.2, 0.25) is 0 Å². The number of hydrogen-bond acceptors (Lipinski definition) is 5. The maximum atomic E-state index is 13.5. The number of benzene rings is 1. The minimum absolute atomic E-state index is 0.301. The van der Waals surface area contributed by atoms with Crippen molar-refractivity contribution in [3.8, 4) is 5.75 Å². The molecule has 0 bridgehead atoms. The number of hydrogen-bond donors (Lipinski definition) is 1. The van der Waals surface area contributed by atoms with Crippen LogP contribution in [0, 0.1) is 5.82 Å². The molecule has 17 heavy (non-hydrogen) atoms. The summed E-state index contributed by atoms with van der Waals surface area (Å²) in [6, 6.07) is 4.75. The van der Waals surface area contributed by atoms with Gasteiger partial charge in [0.15, 0.2) is 5.82 Å². The molecule has 1 aromatic carbocycles. The Balaban J connectivity index is 1.90. The first kappa shape index (κ1) is 11.5. The third kappa shape index (κ3) is 3.01. The Morgan fingerprint density at radius 1 is 1.41 bits per heavy atom. The number of halogens is 1. The Kier molecular flexibility index (Phi) is 3.66. The lowest BCUT2D eigenvalue weighted by atomic mass is 10.2. The minimum atomic E-state index is -0.301. The van der Waals surface area contributed by atoms with Crippen LogP contribution in [0.1, 0.15) is 11.4 Å². The molecule has 0 unspecified atom stereocenters. The minimum Gasteiger partial charge on any atom is -0.497 e. The van der Waals surface area contributed by atoms with E-state index >= 15 is 0 Å². The zero-order chi connectivity index (χ0) is 12.1. The number of rotatable bonds is 5. The van der Waals surface area contributed by atoms with Crippen LogP contribution in [0.4, 0.5) is 4.39 Å². The van der Waals surface area contributed by atoms with Crippen molar-refractivity contribution in [2.75, 3.05) is 7.11 Å². The maximum absolute atomic E-state index is 13.5. The van der Waals surface area contributed by atoms with Gasteiger partial charge in [-0.15, -0.1) is 0 Å². The first-order chi connectivity index (χ1) is 8.29. The van der Waals surface area contributed by atoms with Crippen LogP contribution in [-0.2, 0) is 13.1 Å². The molecule has 0 atom stereocenters. The molecule has 0 radical (unpaired) electrons. The lowest BCUT2D eigenvalue weighted by Gasteiger charge is -2.06. The van der Waals surface area contributed by atoms with Gasteiger partial charge in [-0.2, -0.15) is 4.98 Å². The molecule has 0 spiro atoms. The summed E-state index contributed by atoms with van der Waals surface area (Å²) in [4.78, 5) is 3.84. The van der Waals surface area contributed by atoms with Crippen molar-refractivity contribution in [2.24, 2.45) is 0 Å². The summed E-state index contributed by atoms with van der Waals surface area (Å²) in [5.41, 5.74) is 0.564. The van der Waals surface area contributed by atoms with Gasteiger partial charge in [0.25, 0.3) is 0 Å². The normalized spacial score (nSPS) is 10.5. The lowest BCUT2D eigenvalue weighted by Crippen LogP contribution is -2.14. The van der Waals surface area contributed by atoms with E-state index in [9.17, 15) is 4.39 Å². The predicted molar refractivity (Wildman–Crippen MR) is 57.8 cm³/mol. The fourth-order valence-electron chi connectivity index (χ4n) is 1.38. The van der Waals surface area contributed by atoms with Crippen molar-refractivity contribution in [1.82, 2.24) is 15.5 Å². The van der Waals surface area contributed by atoms with Crippen molar-refractivity contribution in [2.45, 2.75) is 13.1 Å². The van der Waals surface area contributed by atoms with Gasteiger partial charge in [-0.1, -0.05) is 11.2 Å². The SMILES string of the molecule is COc1ccc(CNCc2ncon2)c(F)c1. The van der Waals surface area contributed by atoms with E-state index in [1.54, 1.807) is 12.1 Å². The van der Waals surface area contributed by atoms with E-state index in [2.05, 4.69) is 20.0 Å². The third-order valence-corrected chi connectivity index (χ3v) is 2.27. The number of nitrogens with one attached hydrogen (secondary N) is 1. The summed E-state index contributed by atoms with van der Waals surface area (Å²) in [5, 5.41) is 6.65. The molecule has 0 aliphatic heterocycles. The van der Waals surface area contributed by atoms with Gasteiger partial charge >= 0.3 is 0 Å². The smallest absolute Gasteiger partial charge is 0.213 e. The van der Waals surface area contributed by atoms with Gasteiger partial charge in [-0.25, -0.2) is 4.39 Å². The van der Waals surface area contributed by atoms with Crippen LogP contribution >= 0.6 is 0 Å². The Morgan fingerprint density at radius 3 is 2.94 bits per heavy atom. The van der Waals surface area contributed by atoms with Gasteiger partial charge in [0, 0.05) is 18.2 Å². The topological polar surface area (TPSA) is 60.2 Å². The van der Waals surface area contributed by atoms with Gasteiger partial charge < -0.3 is 14.6 Å². The van der Waals surface area contributed by atoms with Crippen LogP contribution in [-0.4, -0.2) is 17.3 Å². The number of ether oxygens (including phenoxy) is 1.